The number of para-hydroxylation sites is 1. The van der Waals surface area contributed by atoms with Crippen molar-refractivity contribution in [1.29, 1.82) is 0 Å². The Morgan fingerprint density at radius 1 is 0.882 bits per heavy atom. The van der Waals surface area contributed by atoms with E-state index in [4.69, 9.17) is 23.7 Å². The number of esters is 3. The molecule has 0 aromatic heterocycles. The van der Waals surface area contributed by atoms with Crippen molar-refractivity contribution in [1.82, 2.24) is 4.90 Å². The van der Waals surface area contributed by atoms with Crippen LogP contribution in [0.5, 0.6) is 11.5 Å². The van der Waals surface area contributed by atoms with Gasteiger partial charge in [0.25, 0.3) is 12.1 Å². The molecule has 1 amide bonds. The fraction of sp³-hybridized carbons (Fsp3) is 0.395. The third-order valence-corrected chi connectivity index (χ3v) is 8.39. The van der Waals surface area contributed by atoms with Crippen LogP contribution in [-0.2, 0) is 54.1 Å². The lowest BCUT2D eigenvalue weighted by Gasteiger charge is -2.40. The summed E-state index contributed by atoms with van der Waals surface area (Å²) >= 11 is 0. The SMILES string of the molecule is COC(=O)C(OC(=O)C(C)(C)C)N(C(=O)[C@@H]1COC(C(=O)O)(C(=O)OC)O1)[C@H](C)[C@H](CCc1ccccc1)c1ccc(Oc2ccccc2)cc1. The first kappa shape index (κ1) is 38.5. The Labute approximate surface area is 296 Å². The number of aliphatic carboxylic acids is 1. The van der Waals surface area contributed by atoms with Gasteiger partial charge in [0.1, 0.15) is 11.5 Å². The lowest BCUT2D eigenvalue weighted by molar-refractivity contribution is -0.221. The lowest BCUT2D eigenvalue weighted by atomic mass is 9.85. The predicted octanol–water partition coefficient (Wildman–Crippen LogP) is 4.87. The van der Waals surface area contributed by atoms with Gasteiger partial charge in [0.15, 0.2) is 6.10 Å². The molecule has 1 saturated heterocycles. The molecule has 13 nitrogen and oxygen atoms in total. The van der Waals surface area contributed by atoms with Crippen molar-refractivity contribution in [2.45, 2.75) is 70.6 Å². The number of carbonyl (C=O) groups is 5. The Bertz CT molecular complexity index is 1670. The third-order valence-electron chi connectivity index (χ3n) is 8.39. The molecule has 2 unspecified atom stereocenters. The number of aryl methyl sites for hydroxylation is 1. The largest absolute Gasteiger partial charge is 0.477 e. The van der Waals surface area contributed by atoms with E-state index in [-0.39, 0.29) is 0 Å². The first-order chi connectivity index (χ1) is 24.2. The number of carboxylic acids is 1. The fourth-order valence-electron chi connectivity index (χ4n) is 5.57. The standard InChI is InChI=1S/C38H43NO12/c1-24(29(22-17-25-13-9-7-10-14-25)26-18-20-28(21-19-26)49-27-15-11-8-12-16-27)39(32(33(41)46-5)50-35(44)37(2,3)4)31(40)30-23-48-38(51-30,34(42)43)36(45)47-6/h7-16,18-21,24,29-30,32H,17,22-23H2,1-6H3,(H,42,43)/t24-,29+,30+,32?,38?/m1/s1. The molecule has 0 bridgehead atoms. The summed E-state index contributed by atoms with van der Waals surface area (Å²) in [5, 5.41) is 9.86. The van der Waals surface area contributed by atoms with Crippen LogP contribution in [0.15, 0.2) is 84.9 Å². The van der Waals surface area contributed by atoms with Crippen LogP contribution in [0.1, 0.15) is 51.2 Å². The van der Waals surface area contributed by atoms with Gasteiger partial charge in [-0.05, 0) is 75.9 Å². The summed E-state index contributed by atoms with van der Waals surface area (Å²) in [5.74, 6) is -8.37. The highest BCUT2D eigenvalue weighted by Gasteiger charge is 2.60. The van der Waals surface area contributed by atoms with Crippen LogP contribution in [0.4, 0.5) is 0 Å². The van der Waals surface area contributed by atoms with Crippen LogP contribution < -0.4 is 4.74 Å². The Kier molecular flexibility index (Phi) is 12.6. The van der Waals surface area contributed by atoms with E-state index >= 15 is 0 Å². The van der Waals surface area contributed by atoms with E-state index in [9.17, 15) is 29.1 Å². The molecule has 1 N–H and O–H groups in total. The van der Waals surface area contributed by atoms with Gasteiger partial charge in [0.05, 0.1) is 26.2 Å². The van der Waals surface area contributed by atoms with Crippen molar-refractivity contribution in [2.24, 2.45) is 5.41 Å². The number of rotatable bonds is 14. The number of nitrogens with zero attached hydrogens (tertiary/aromatic N) is 1. The smallest absolute Gasteiger partial charge is 0.379 e. The van der Waals surface area contributed by atoms with Gasteiger partial charge in [0, 0.05) is 12.0 Å². The molecule has 0 aliphatic carbocycles. The molecule has 1 aliphatic heterocycles. The molecule has 51 heavy (non-hydrogen) atoms. The lowest BCUT2D eigenvalue weighted by Crippen LogP contribution is -2.58. The maximum Gasteiger partial charge on any atom is 0.379 e. The minimum atomic E-state index is -2.94. The molecule has 3 aromatic carbocycles. The summed E-state index contributed by atoms with van der Waals surface area (Å²) in [7, 11) is 2.02. The number of hydrogen-bond donors (Lipinski definition) is 1. The second kappa shape index (κ2) is 16.6. The van der Waals surface area contributed by atoms with Gasteiger partial charge in [0.2, 0.25) is 0 Å². The quantitative estimate of drug-likeness (QED) is 0.105. The summed E-state index contributed by atoms with van der Waals surface area (Å²) in [6.45, 7) is 5.71. The van der Waals surface area contributed by atoms with Crippen LogP contribution in [-0.4, -0.2) is 84.8 Å². The highest BCUT2D eigenvalue weighted by molar-refractivity contribution is 6.02. The summed E-state index contributed by atoms with van der Waals surface area (Å²) in [6.07, 6.45) is -2.65. The van der Waals surface area contributed by atoms with E-state index in [0.29, 0.717) is 24.3 Å². The van der Waals surface area contributed by atoms with E-state index in [1.54, 1.807) is 39.8 Å². The molecular weight excluding hydrogens is 662 g/mol. The van der Waals surface area contributed by atoms with Crippen molar-refractivity contribution in [2.75, 3.05) is 20.8 Å². The summed E-state index contributed by atoms with van der Waals surface area (Å²) in [4.78, 5) is 66.9. The van der Waals surface area contributed by atoms with Gasteiger partial charge in [-0.1, -0.05) is 60.7 Å². The van der Waals surface area contributed by atoms with Gasteiger partial charge >= 0.3 is 29.7 Å². The maximum absolute atomic E-state index is 14.5. The van der Waals surface area contributed by atoms with Crippen LogP contribution in [0, 0.1) is 5.41 Å². The van der Waals surface area contributed by atoms with Crippen molar-refractivity contribution >= 4 is 29.8 Å². The molecule has 1 aliphatic rings. The number of hydrogen-bond acceptors (Lipinski definition) is 11. The second-order valence-corrected chi connectivity index (χ2v) is 13.0. The highest BCUT2D eigenvalue weighted by Crippen LogP contribution is 2.35. The molecule has 0 radical (unpaired) electrons. The minimum absolute atomic E-state index is 0.443. The first-order valence-electron chi connectivity index (χ1n) is 16.3. The monoisotopic (exact) mass is 705 g/mol. The van der Waals surface area contributed by atoms with E-state index in [2.05, 4.69) is 4.74 Å². The molecule has 272 valence electrons. The number of methoxy groups -OCH3 is 2. The average Bonchev–Trinajstić information content (AvgIpc) is 3.59. The third kappa shape index (κ3) is 9.10. The van der Waals surface area contributed by atoms with Gasteiger partial charge in [-0.2, -0.15) is 0 Å². The van der Waals surface area contributed by atoms with Crippen LogP contribution in [0.3, 0.4) is 0 Å². The number of benzene rings is 3. The van der Waals surface area contributed by atoms with Gasteiger partial charge < -0.3 is 33.5 Å². The van der Waals surface area contributed by atoms with E-state index < -0.39 is 71.9 Å². The molecule has 3 aromatic rings. The number of carboxylic acid groups (broad SMARTS) is 1. The highest BCUT2D eigenvalue weighted by atomic mass is 16.8. The second-order valence-electron chi connectivity index (χ2n) is 13.0. The molecule has 5 atom stereocenters. The molecule has 1 heterocycles. The zero-order valence-electron chi connectivity index (χ0n) is 29.4. The van der Waals surface area contributed by atoms with E-state index in [1.165, 1.54) is 0 Å². The molecule has 13 heteroatoms. The maximum atomic E-state index is 14.5. The zero-order valence-corrected chi connectivity index (χ0v) is 29.4. The van der Waals surface area contributed by atoms with Gasteiger partial charge in [-0.25, -0.2) is 14.4 Å². The molecular formula is C38H43NO12. The summed E-state index contributed by atoms with van der Waals surface area (Å²) in [5.41, 5.74) is 0.666. The molecule has 4 rings (SSSR count). The van der Waals surface area contributed by atoms with Crippen LogP contribution in [0.25, 0.3) is 0 Å². The van der Waals surface area contributed by atoms with Gasteiger partial charge in [-0.3, -0.25) is 14.5 Å². The first-order valence-corrected chi connectivity index (χ1v) is 16.3. The van der Waals surface area contributed by atoms with Crippen LogP contribution >= 0.6 is 0 Å². The average molecular weight is 706 g/mol. The molecule has 1 fully saturated rings. The topological polar surface area (TPSA) is 164 Å². The Balaban J connectivity index is 1.79. The van der Waals surface area contributed by atoms with Gasteiger partial charge in [-0.15, -0.1) is 0 Å². The van der Waals surface area contributed by atoms with Crippen molar-refractivity contribution in [3.63, 3.8) is 0 Å². The number of carbonyl (C=O) groups excluding carboxylic acids is 4. The van der Waals surface area contributed by atoms with Crippen LogP contribution in [0.2, 0.25) is 0 Å². The zero-order chi connectivity index (χ0) is 37.3. The normalized spacial score (nSPS) is 18.8. The van der Waals surface area contributed by atoms with E-state index in [1.807, 2.05) is 72.8 Å². The Hall–Kier alpha value is -5.27. The van der Waals surface area contributed by atoms with Crippen molar-refractivity contribution in [3.8, 4) is 11.5 Å². The fourth-order valence-corrected chi connectivity index (χ4v) is 5.57. The number of ether oxygens (including phenoxy) is 6. The predicted molar refractivity (Wildman–Crippen MR) is 181 cm³/mol. The van der Waals surface area contributed by atoms with Crippen molar-refractivity contribution in [3.05, 3.63) is 96.1 Å². The minimum Gasteiger partial charge on any atom is -0.477 e. The summed E-state index contributed by atoms with van der Waals surface area (Å²) < 4.78 is 32.0. The Morgan fingerprint density at radius 3 is 2.02 bits per heavy atom. The molecule has 0 saturated carbocycles. The molecule has 0 spiro atoms. The summed E-state index contributed by atoms with van der Waals surface area (Å²) in [6, 6.07) is 25.2. The Morgan fingerprint density at radius 2 is 1.47 bits per heavy atom. The number of amides is 1. The van der Waals surface area contributed by atoms with E-state index in [0.717, 1.165) is 30.2 Å². The van der Waals surface area contributed by atoms with Crippen molar-refractivity contribution < 1.29 is 57.5 Å².